The van der Waals surface area contributed by atoms with Crippen LogP contribution in [-0.4, -0.2) is 48.7 Å². The lowest BCUT2D eigenvalue weighted by molar-refractivity contribution is 0.335. The molecule has 0 atom stereocenters. The van der Waals surface area contributed by atoms with Crippen LogP contribution in [0.1, 0.15) is 24.7 Å². The SMILES string of the molecule is COc1ccc2c(c1)nc(CN(C)C)n2C1CCNCC1. The molecule has 5 nitrogen and oxygen atoms in total. The smallest absolute Gasteiger partial charge is 0.124 e. The standard InChI is InChI=1S/C16H24N4O/c1-19(2)11-16-18-14-10-13(21-3)4-5-15(14)20(16)12-6-8-17-9-7-12/h4-5,10,12,17H,6-9,11H2,1-3H3. The van der Waals surface area contributed by atoms with Gasteiger partial charge in [-0.05, 0) is 52.2 Å². The summed E-state index contributed by atoms with van der Waals surface area (Å²) < 4.78 is 7.77. The Bertz CT molecular complexity index is 614. The number of hydrogen-bond donors (Lipinski definition) is 1. The monoisotopic (exact) mass is 288 g/mol. The number of imidazole rings is 1. The molecule has 1 aromatic heterocycles. The summed E-state index contributed by atoms with van der Waals surface area (Å²) in [6, 6.07) is 6.75. The topological polar surface area (TPSA) is 42.3 Å². The predicted octanol–water partition coefficient (Wildman–Crippen LogP) is 2.03. The maximum Gasteiger partial charge on any atom is 0.124 e. The minimum Gasteiger partial charge on any atom is -0.497 e. The summed E-state index contributed by atoms with van der Waals surface area (Å²) in [6.45, 7) is 3.03. The normalized spacial score (nSPS) is 16.8. The van der Waals surface area contributed by atoms with Crippen molar-refractivity contribution in [3.8, 4) is 5.75 Å². The molecule has 0 radical (unpaired) electrons. The predicted molar refractivity (Wildman–Crippen MR) is 84.8 cm³/mol. The maximum atomic E-state index is 5.33. The Labute approximate surface area is 125 Å². The second kappa shape index (κ2) is 6.03. The van der Waals surface area contributed by atoms with E-state index in [1.54, 1.807) is 7.11 Å². The highest BCUT2D eigenvalue weighted by molar-refractivity contribution is 5.78. The van der Waals surface area contributed by atoms with Gasteiger partial charge in [0.25, 0.3) is 0 Å². The van der Waals surface area contributed by atoms with Crippen LogP contribution >= 0.6 is 0 Å². The lowest BCUT2D eigenvalue weighted by atomic mass is 10.1. The number of ether oxygens (including phenoxy) is 1. The van der Waals surface area contributed by atoms with Gasteiger partial charge in [0.2, 0.25) is 0 Å². The second-order valence-electron chi connectivity index (χ2n) is 5.97. The molecule has 1 fully saturated rings. The molecule has 2 aromatic rings. The Morgan fingerprint density at radius 3 is 2.76 bits per heavy atom. The van der Waals surface area contributed by atoms with Gasteiger partial charge in [-0.25, -0.2) is 4.98 Å². The van der Waals surface area contributed by atoms with Gasteiger partial charge in [0.05, 0.1) is 24.7 Å². The zero-order chi connectivity index (χ0) is 14.8. The third kappa shape index (κ3) is 2.89. The fourth-order valence-corrected chi connectivity index (χ4v) is 3.12. The first-order chi connectivity index (χ1) is 10.2. The van der Waals surface area contributed by atoms with Crippen LogP contribution in [-0.2, 0) is 6.54 Å². The summed E-state index contributed by atoms with van der Waals surface area (Å²) in [6.07, 6.45) is 2.33. The van der Waals surface area contributed by atoms with E-state index >= 15 is 0 Å². The van der Waals surface area contributed by atoms with Crippen LogP contribution in [0.3, 0.4) is 0 Å². The largest absolute Gasteiger partial charge is 0.497 e. The van der Waals surface area contributed by atoms with Crippen molar-refractivity contribution in [3.05, 3.63) is 24.0 Å². The molecule has 0 bridgehead atoms. The van der Waals surface area contributed by atoms with Gasteiger partial charge in [-0.3, -0.25) is 0 Å². The molecule has 1 saturated heterocycles. The Morgan fingerprint density at radius 2 is 2.10 bits per heavy atom. The summed E-state index contributed by atoms with van der Waals surface area (Å²) in [5.74, 6) is 2.02. The van der Waals surface area contributed by atoms with Crippen molar-refractivity contribution in [2.75, 3.05) is 34.3 Å². The zero-order valence-corrected chi connectivity index (χ0v) is 13.1. The van der Waals surface area contributed by atoms with Crippen molar-refractivity contribution in [3.63, 3.8) is 0 Å². The molecule has 114 valence electrons. The number of nitrogens with one attached hydrogen (secondary N) is 1. The fraction of sp³-hybridized carbons (Fsp3) is 0.562. The number of benzene rings is 1. The summed E-state index contributed by atoms with van der Waals surface area (Å²) in [5, 5.41) is 3.44. The van der Waals surface area contributed by atoms with E-state index in [-0.39, 0.29) is 0 Å². The lowest BCUT2D eigenvalue weighted by Gasteiger charge is -2.27. The summed E-state index contributed by atoms with van der Waals surface area (Å²) in [4.78, 5) is 7.03. The molecule has 3 rings (SSSR count). The van der Waals surface area contributed by atoms with Gasteiger partial charge < -0.3 is 19.5 Å². The van der Waals surface area contributed by atoms with E-state index < -0.39 is 0 Å². The number of methoxy groups -OCH3 is 1. The molecule has 0 aliphatic carbocycles. The van der Waals surface area contributed by atoms with Gasteiger partial charge in [0, 0.05) is 12.1 Å². The molecule has 5 heteroatoms. The Balaban J connectivity index is 2.08. The van der Waals surface area contributed by atoms with Crippen molar-refractivity contribution in [2.24, 2.45) is 0 Å². The van der Waals surface area contributed by atoms with Crippen LogP contribution in [0.25, 0.3) is 11.0 Å². The van der Waals surface area contributed by atoms with E-state index in [1.807, 2.05) is 12.1 Å². The van der Waals surface area contributed by atoms with Gasteiger partial charge in [-0.1, -0.05) is 0 Å². The summed E-state index contributed by atoms with van der Waals surface area (Å²) >= 11 is 0. The summed E-state index contributed by atoms with van der Waals surface area (Å²) in [7, 11) is 5.88. The highest BCUT2D eigenvalue weighted by atomic mass is 16.5. The van der Waals surface area contributed by atoms with Gasteiger partial charge in [0.15, 0.2) is 0 Å². The van der Waals surface area contributed by atoms with Crippen molar-refractivity contribution < 1.29 is 4.74 Å². The first-order valence-electron chi connectivity index (χ1n) is 7.59. The molecular weight excluding hydrogens is 264 g/mol. The first-order valence-corrected chi connectivity index (χ1v) is 7.59. The highest BCUT2D eigenvalue weighted by Gasteiger charge is 2.21. The minimum atomic E-state index is 0.541. The van der Waals surface area contributed by atoms with Gasteiger partial charge in [-0.15, -0.1) is 0 Å². The van der Waals surface area contributed by atoms with Crippen molar-refractivity contribution in [1.82, 2.24) is 19.8 Å². The number of piperidine rings is 1. The van der Waals surface area contributed by atoms with Crippen LogP contribution in [0.2, 0.25) is 0 Å². The molecule has 2 heterocycles. The first kappa shape index (κ1) is 14.4. The van der Waals surface area contributed by atoms with E-state index in [4.69, 9.17) is 9.72 Å². The lowest BCUT2D eigenvalue weighted by Crippen LogP contribution is -2.30. The van der Waals surface area contributed by atoms with Crippen LogP contribution < -0.4 is 10.1 Å². The van der Waals surface area contributed by atoms with E-state index in [2.05, 4.69) is 34.9 Å². The molecule has 1 aromatic carbocycles. The van der Waals surface area contributed by atoms with Gasteiger partial charge in [0.1, 0.15) is 11.6 Å². The third-order valence-corrected chi connectivity index (χ3v) is 4.10. The van der Waals surface area contributed by atoms with Crippen molar-refractivity contribution in [2.45, 2.75) is 25.4 Å². The molecular formula is C16H24N4O. The molecule has 0 spiro atoms. The minimum absolute atomic E-state index is 0.541. The quantitative estimate of drug-likeness (QED) is 0.935. The second-order valence-corrected chi connectivity index (χ2v) is 5.97. The Morgan fingerprint density at radius 1 is 1.33 bits per heavy atom. The molecule has 1 aliphatic rings. The Hall–Kier alpha value is -1.59. The van der Waals surface area contributed by atoms with Gasteiger partial charge >= 0.3 is 0 Å². The van der Waals surface area contributed by atoms with E-state index in [1.165, 1.54) is 5.52 Å². The molecule has 1 N–H and O–H groups in total. The van der Waals surface area contributed by atoms with Crippen LogP contribution in [0.15, 0.2) is 18.2 Å². The highest BCUT2D eigenvalue weighted by Crippen LogP contribution is 2.29. The van der Waals surface area contributed by atoms with Crippen LogP contribution in [0, 0.1) is 0 Å². The number of hydrogen-bond acceptors (Lipinski definition) is 4. The van der Waals surface area contributed by atoms with Crippen molar-refractivity contribution in [1.29, 1.82) is 0 Å². The molecule has 1 aliphatic heterocycles. The summed E-state index contributed by atoms with van der Waals surface area (Å²) in [5.41, 5.74) is 2.25. The van der Waals surface area contributed by atoms with Crippen LogP contribution in [0.4, 0.5) is 0 Å². The average Bonchev–Trinajstić information content (AvgIpc) is 2.83. The fourth-order valence-electron chi connectivity index (χ4n) is 3.12. The molecule has 0 saturated carbocycles. The number of fused-ring (bicyclic) bond motifs is 1. The molecule has 21 heavy (non-hydrogen) atoms. The van der Waals surface area contributed by atoms with E-state index in [9.17, 15) is 0 Å². The van der Waals surface area contributed by atoms with Gasteiger partial charge in [-0.2, -0.15) is 0 Å². The molecule has 0 amide bonds. The van der Waals surface area contributed by atoms with E-state index in [0.717, 1.165) is 49.6 Å². The molecule has 0 unspecified atom stereocenters. The van der Waals surface area contributed by atoms with Crippen LogP contribution in [0.5, 0.6) is 5.75 Å². The third-order valence-electron chi connectivity index (χ3n) is 4.10. The average molecular weight is 288 g/mol. The number of rotatable bonds is 4. The maximum absolute atomic E-state index is 5.33. The Kier molecular flexibility index (Phi) is 4.12. The number of aromatic nitrogens is 2. The zero-order valence-electron chi connectivity index (χ0n) is 13.1. The number of nitrogens with zero attached hydrogens (tertiary/aromatic N) is 3. The van der Waals surface area contributed by atoms with Crippen molar-refractivity contribution >= 4 is 11.0 Å². The van der Waals surface area contributed by atoms with E-state index in [0.29, 0.717) is 6.04 Å².